The Labute approximate surface area is 187 Å². The van der Waals surface area contributed by atoms with Crippen LogP contribution in [0.4, 0.5) is 0 Å². The third kappa shape index (κ3) is 3.93. The number of rotatable bonds is 4. The van der Waals surface area contributed by atoms with Gasteiger partial charge in [-0.25, -0.2) is 9.13 Å². The van der Waals surface area contributed by atoms with E-state index in [-0.39, 0.29) is 22.8 Å². The highest BCUT2D eigenvalue weighted by Crippen LogP contribution is 2.26. The van der Waals surface area contributed by atoms with E-state index in [1.165, 1.54) is 35.5 Å². The molecule has 5 heteroatoms. The first-order chi connectivity index (χ1) is 13.7. The Hall–Kier alpha value is -1.91. The van der Waals surface area contributed by atoms with Crippen molar-refractivity contribution in [2.75, 3.05) is 0 Å². The predicted molar refractivity (Wildman–Crippen MR) is 111 cm³/mol. The molecule has 0 atom stereocenters. The molecule has 2 aromatic carbocycles. The van der Waals surface area contributed by atoms with Crippen LogP contribution in [-0.2, 0) is 32.4 Å². The minimum Gasteiger partial charge on any atom is -1.00 e. The van der Waals surface area contributed by atoms with Gasteiger partial charge in [0.2, 0.25) is 5.78 Å². The molecule has 150 valence electrons. The minimum atomic E-state index is 0. The lowest BCUT2D eigenvalue weighted by molar-refractivity contribution is -0.689. The predicted octanol–water partition coefficient (Wildman–Crippen LogP) is 1.81. The molecular formula is C24H24BrClN2O. The Kier molecular flexibility index (Phi) is 5.93. The van der Waals surface area contributed by atoms with Crippen molar-refractivity contribution in [2.24, 2.45) is 0 Å². The van der Waals surface area contributed by atoms with Gasteiger partial charge in [-0.05, 0) is 73.6 Å². The van der Waals surface area contributed by atoms with Crippen LogP contribution in [-0.4, -0.2) is 10.4 Å². The number of halogens is 2. The van der Waals surface area contributed by atoms with Crippen LogP contribution in [0.2, 0.25) is 5.02 Å². The topological polar surface area (TPSA) is 25.9 Å². The molecule has 0 bridgehead atoms. The molecule has 2 aliphatic rings. The van der Waals surface area contributed by atoms with Crippen molar-refractivity contribution in [1.29, 1.82) is 0 Å². The zero-order valence-corrected chi connectivity index (χ0v) is 18.7. The van der Waals surface area contributed by atoms with Gasteiger partial charge >= 0.3 is 0 Å². The van der Waals surface area contributed by atoms with Crippen LogP contribution >= 0.6 is 11.6 Å². The van der Waals surface area contributed by atoms with Crippen molar-refractivity contribution in [3.8, 4) is 11.3 Å². The summed E-state index contributed by atoms with van der Waals surface area (Å²) in [5.74, 6) is 1.44. The molecule has 0 spiro atoms. The summed E-state index contributed by atoms with van der Waals surface area (Å²) in [7, 11) is 0. The molecule has 0 radical (unpaired) electrons. The molecule has 0 fully saturated rings. The van der Waals surface area contributed by atoms with Gasteiger partial charge < -0.3 is 17.0 Å². The SMILES string of the molecule is O=C(C[n+]1cc(-c2ccc(Cl)cc2)n2c1CCC2)c1ccc2c(c1)CCCC2.[Br-]. The molecule has 0 saturated heterocycles. The number of aryl methyl sites for hydroxylation is 2. The number of nitrogens with zero attached hydrogens (tertiary/aromatic N) is 2. The van der Waals surface area contributed by atoms with Gasteiger partial charge in [-0.2, -0.15) is 0 Å². The number of imidazole rings is 1. The van der Waals surface area contributed by atoms with Crippen molar-refractivity contribution < 1.29 is 26.3 Å². The molecule has 0 saturated carbocycles. The molecular weight excluding hydrogens is 448 g/mol. The van der Waals surface area contributed by atoms with E-state index in [1.807, 2.05) is 18.2 Å². The number of aromatic nitrogens is 2. The zero-order chi connectivity index (χ0) is 19.1. The number of benzene rings is 2. The molecule has 0 amide bonds. The molecule has 29 heavy (non-hydrogen) atoms. The summed E-state index contributed by atoms with van der Waals surface area (Å²) in [5.41, 5.74) is 5.95. The van der Waals surface area contributed by atoms with E-state index in [4.69, 9.17) is 11.6 Å². The van der Waals surface area contributed by atoms with Gasteiger partial charge in [0.25, 0.3) is 5.82 Å². The van der Waals surface area contributed by atoms with Gasteiger partial charge in [0, 0.05) is 16.1 Å². The van der Waals surface area contributed by atoms with E-state index >= 15 is 0 Å². The second-order valence-corrected chi connectivity index (χ2v) is 8.37. The fourth-order valence-corrected chi connectivity index (χ4v) is 4.78. The number of carbonyl (C=O) groups is 1. The van der Waals surface area contributed by atoms with Gasteiger partial charge in [0.1, 0.15) is 6.20 Å². The van der Waals surface area contributed by atoms with Gasteiger partial charge in [-0.1, -0.05) is 23.7 Å². The zero-order valence-electron chi connectivity index (χ0n) is 16.3. The van der Waals surface area contributed by atoms with Gasteiger partial charge in [-0.15, -0.1) is 0 Å². The second-order valence-electron chi connectivity index (χ2n) is 7.93. The summed E-state index contributed by atoms with van der Waals surface area (Å²) in [6.45, 7) is 1.41. The van der Waals surface area contributed by atoms with Gasteiger partial charge in [0.05, 0.1) is 13.0 Å². The molecule has 0 unspecified atom stereocenters. The van der Waals surface area contributed by atoms with E-state index in [0.29, 0.717) is 6.54 Å². The van der Waals surface area contributed by atoms with E-state index < -0.39 is 0 Å². The summed E-state index contributed by atoms with van der Waals surface area (Å²) in [5, 5.41) is 0.743. The van der Waals surface area contributed by atoms with E-state index in [2.05, 4.69) is 39.6 Å². The Morgan fingerprint density at radius 3 is 2.52 bits per heavy atom. The molecule has 5 rings (SSSR count). The van der Waals surface area contributed by atoms with Crippen LogP contribution in [0.15, 0.2) is 48.7 Å². The molecule has 3 aromatic rings. The normalized spacial score (nSPS) is 14.8. The van der Waals surface area contributed by atoms with E-state index in [9.17, 15) is 4.79 Å². The smallest absolute Gasteiger partial charge is 0.257 e. The fourth-order valence-electron chi connectivity index (χ4n) is 4.65. The number of carbonyl (C=O) groups excluding carboxylic acids is 1. The number of Topliss-reactive ketones (excluding diaryl/α,β-unsaturated/α-hetero) is 1. The van der Waals surface area contributed by atoms with Crippen molar-refractivity contribution in [2.45, 2.75) is 51.6 Å². The number of hydrogen-bond acceptors (Lipinski definition) is 1. The standard InChI is InChI=1S/C24H24ClN2O.BrH/c25-21-11-9-18(10-12-21)22-15-26(24-6-3-13-27(22)24)16-23(28)20-8-7-17-4-1-2-5-19(17)14-20;/h7-12,14-15H,1-6,13,16H2;1H/q+1;/p-1. The van der Waals surface area contributed by atoms with Crippen molar-refractivity contribution in [1.82, 2.24) is 4.57 Å². The number of fused-ring (bicyclic) bond motifs is 2. The number of hydrogen-bond donors (Lipinski definition) is 0. The minimum absolute atomic E-state index is 0. The summed E-state index contributed by atoms with van der Waals surface area (Å²) in [4.78, 5) is 13.0. The average molecular weight is 472 g/mol. The van der Waals surface area contributed by atoms with Crippen LogP contribution in [0.5, 0.6) is 0 Å². The molecule has 0 N–H and O–H groups in total. The van der Waals surface area contributed by atoms with Gasteiger partial charge in [0.15, 0.2) is 12.2 Å². The van der Waals surface area contributed by atoms with Crippen molar-refractivity contribution in [3.05, 3.63) is 76.2 Å². The first-order valence-electron chi connectivity index (χ1n) is 10.2. The first-order valence-corrected chi connectivity index (χ1v) is 10.6. The summed E-state index contributed by atoms with van der Waals surface area (Å²) < 4.78 is 4.50. The van der Waals surface area contributed by atoms with Crippen LogP contribution in [0.3, 0.4) is 0 Å². The van der Waals surface area contributed by atoms with Crippen LogP contribution in [0.25, 0.3) is 11.3 Å². The highest BCUT2D eigenvalue weighted by molar-refractivity contribution is 6.30. The van der Waals surface area contributed by atoms with Gasteiger partial charge in [-0.3, -0.25) is 4.79 Å². The van der Waals surface area contributed by atoms with Crippen LogP contribution in [0, 0.1) is 0 Å². The van der Waals surface area contributed by atoms with E-state index in [0.717, 1.165) is 48.4 Å². The quantitative estimate of drug-likeness (QED) is 0.421. The van der Waals surface area contributed by atoms with Crippen LogP contribution in [0.1, 0.15) is 46.6 Å². The average Bonchev–Trinajstić information content (AvgIpc) is 3.32. The maximum absolute atomic E-state index is 13.0. The third-order valence-corrected chi connectivity index (χ3v) is 6.37. The molecule has 2 heterocycles. The summed E-state index contributed by atoms with van der Waals surface area (Å²) in [6.07, 6.45) is 9.03. The maximum Gasteiger partial charge on any atom is 0.257 e. The lowest BCUT2D eigenvalue weighted by atomic mass is 9.90. The Morgan fingerprint density at radius 1 is 0.966 bits per heavy atom. The highest BCUT2D eigenvalue weighted by atomic mass is 79.9. The Bertz CT molecular complexity index is 1060. The molecule has 1 aliphatic heterocycles. The molecule has 1 aliphatic carbocycles. The maximum atomic E-state index is 13.0. The molecule has 1 aromatic heterocycles. The summed E-state index contributed by atoms with van der Waals surface area (Å²) >= 11 is 6.05. The largest absolute Gasteiger partial charge is 1.00 e. The fraction of sp³-hybridized carbons (Fsp3) is 0.333. The monoisotopic (exact) mass is 470 g/mol. The first kappa shape index (κ1) is 20.4. The number of ketones is 1. The van der Waals surface area contributed by atoms with Crippen LogP contribution < -0.4 is 21.5 Å². The van der Waals surface area contributed by atoms with Crippen molar-refractivity contribution in [3.63, 3.8) is 0 Å². The summed E-state index contributed by atoms with van der Waals surface area (Å²) in [6, 6.07) is 14.3. The van der Waals surface area contributed by atoms with Crippen molar-refractivity contribution >= 4 is 17.4 Å². The lowest BCUT2D eigenvalue weighted by Crippen LogP contribution is -3.00. The Balaban J connectivity index is 0.00000205. The Morgan fingerprint density at radius 2 is 1.72 bits per heavy atom. The third-order valence-electron chi connectivity index (χ3n) is 6.12. The highest BCUT2D eigenvalue weighted by Gasteiger charge is 2.30. The molecule has 3 nitrogen and oxygen atoms in total. The second kappa shape index (κ2) is 8.45. The van der Waals surface area contributed by atoms with E-state index in [1.54, 1.807) is 0 Å². The lowest BCUT2D eigenvalue weighted by Gasteiger charge is -2.16.